The summed E-state index contributed by atoms with van der Waals surface area (Å²) < 4.78 is 45.6. The van der Waals surface area contributed by atoms with Gasteiger partial charge in [-0.25, -0.2) is 9.67 Å². The van der Waals surface area contributed by atoms with Crippen LogP contribution in [-0.4, -0.2) is 62.8 Å². The van der Waals surface area contributed by atoms with E-state index in [-0.39, 0.29) is 18.0 Å². The van der Waals surface area contributed by atoms with Crippen molar-refractivity contribution in [3.63, 3.8) is 0 Å². The number of carbonyl (C=O) groups is 1. The normalized spacial score (nSPS) is 18.7. The van der Waals surface area contributed by atoms with Crippen molar-refractivity contribution in [1.82, 2.24) is 24.6 Å². The Kier molecular flexibility index (Phi) is 7.68. The Hall–Kier alpha value is -3.37. The van der Waals surface area contributed by atoms with Gasteiger partial charge in [0.2, 0.25) is 0 Å². The summed E-state index contributed by atoms with van der Waals surface area (Å²) in [5, 5.41) is 4.39. The van der Waals surface area contributed by atoms with Crippen molar-refractivity contribution in [2.75, 3.05) is 26.3 Å². The number of ether oxygens (including phenoxy) is 1. The van der Waals surface area contributed by atoms with Gasteiger partial charge in [-0.15, -0.1) is 0 Å². The van der Waals surface area contributed by atoms with Crippen LogP contribution in [0.25, 0.3) is 11.4 Å². The van der Waals surface area contributed by atoms with Crippen molar-refractivity contribution >= 4 is 11.4 Å². The quantitative estimate of drug-likeness (QED) is 0.396. The van der Waals surface area contributed by atoms with Crippen LogP contribution in [0.4, 0.5) is 13.2 Å². The van der Waals surface area contributed by atoms with Gasteiger partial charge in [-0.2, -0.15) is 18.3 Å². The molecule has 1 unspecified atom stereocenters. The van der Waals surface area contributed by atoms with Crippen molar-refractivity contribution in [2.24, 2.45) is 0 Å². The molecule has 39 heavy (non-hydrogen) atoms. The summed E-state index contributed by atoms with van der Waals surface area (Å²) in [6.07, 6.45) is 3.61. The van der Waals surface area contributed by atoms with Crippen LogP contribution in [0.15, 0.2) is 36.7 Å². The van der Waals surface area contributed by atoms with E-state index >= 15 is 0 Å². The smallest absolute Gasteiger partial charge is 0.379 e. The maximum absolute atomic E-state index is 13.3. The van der Waals surface area contributed by atoms with E-state index in [9.17, 15) is 18.0 Å². The van der Waals surface area contributed by atoms with Crippen LogP contribution in [0.2, 0.25) is 0 Å². The first-order valence-electron chi connectivity index (χ1n) is 13.2. The third kappa shape index (κ3) is 5.81. The zero-order chi connectivity index (χ0) is 27.7. The number of rotatable bonds is 6. The molecule has 0 bridgehead atoms. The molecule has 5 rings (SSSR count). The topological polar surface area (TPSA) is 73.1 Å². The second-order valence-corrected chi connectivity index (χ2v) is 10.3. The molecule has 0 spiro atoms. The van der Waals surface area contributed by atoms with Gasteiger partial charge in [0.25, 0.3) is 0 Å². The minimum absolute atomic E-state index is 0.123. The zero-order valence-corrected chi connectivity index (χ0v) is 22.4. The number of morpholine rings is 1. The Morgan fingerprint density at radius 1 is 1.10 bits per heavy atom. The van der Waals surface area contributed by atoms with E-state index in [1.165, 1.54) is 16.3 Å². The van der Waals surface area contributed by atoms with Crippen molar-refractivity contribution in [2.45, 2.75) is 58.7 Å². The minimum atomic E-state index is -4.47. The first kappa shape index (κ1) is 27.2. The molecular formula is C29H32F3N5O2. The molecule has 0 aromatic carbocycles. The fourth-order valence-corrected chi connectivity index (χ4v) is 5.60. The van der Waals surface area contributed by atoms with E-state index in [1.807, 2.05) is 13.0 Å². The largest absolute Gasteiger partial charge is 0.417 e. The average Bonchev–Trinajstić information content (AvgIpc) is 3.22. The molecule has 1 aliphatic carbocycles. The van der Waals surface area contributed by atoms with Crippen LogP contribution >= 0.6 is 0 Å². The highest BCUT2D eigenvalue weighted by atomic mass is 19.4. The number of hydrogen-bond donors (Lipinski definition) is 0. The van der Waals surface area contributed by atoms with Gasteiger partial charge >= 0.3 is 6.18 Å². The number of aryl methyl sites for hydroxylation is 2. The van der Waals surface area contributed by atoms with Gasteiger partial charge in [0.1, 0.15) is 0 Å². The Balaban J connectivity index is 1.28. The molecular weight excluding hydrogens is 507 g/mol. The van der Waals surface area contributed by atoms with E-state index in [0.717, 1.165) is 74.6 Å². The fourth-order valence-electron chi connectivity index (χ4n) is 5.60. The van der Waals surface area contributed by atoms with Crippen LogP contribution in [0.3, 0.4) is 0 Å². The molecule has 1 fully saturated rings. The Morgan fingerprint density at radius 2 is 1.87 bits per heavy atom. The molecule has 7 nitrogen and oxygen atoms in total. The summed E-state index contributed by atoms with van der Waals surface area (Å²) in [5.41, 5.74) is 4.74. The summed E-state index contributed by atoms with van der Waals surface area (Å²) in [4.78, 5) is 24.5. The van der Waals surface area contributed by atoms with Gasteiger partial charge in [-0.1, -0.05) is 12.1 Å². The third-order valence-corrected chi connectivity index (χ3v) is 7.61. The van der Waals surface area contributed by atoms with Crippen molar-refractivity contribution in [3.8, 4) is 5.82 Å². The first-order valence-corrected chi connectivity index (χ1v) is 13.2. The highest BCUT2D eigenvalue weighted by Gasteiger charge is 2.31. The monoisotopic (exact) mass is 539 g/mol. The van der Waals surface area contributed by atoms with Crippen molar-refractivity contribution in [3.05, 3.63) is 76.0 Å². The van der Waals surface area contributed by atoms with Gasteiger partial charge in [-0.05, 0) is 68.9 Å². The number of alkyl halides is 3. The summed E-state index contributed by atoms with van der Waals surface area (Å²) in [7, 11) is 0. The van der Waals surface area contributed by atoms with E-state index < -0.39 is 11.7 Å². The standard InChI is InChI=1S/C29H32F3N5O2/c1-18-14-21(16-34-28(18)22-4-7-24(8-5-22)36-10-12-39-13-11-36)15-25(38)27-19(2)35-37(20(27)3)26-9-6-23(17-33-26)29(30,31)32/h4,6,9,14,16-17,24H,5,7-8,10-13,15H2,1-3H3. The number of halogens is 3. The molecule has 1 aliphatic heterocycles. The number of Topliss-reactive ketones (excluding diaryl/α,β-unsaturated/α-hetero) is 1. The van der Waals surface area contributed by atoms with E-state index in [0.29, 0.717) is 23.0 Å². The molecule has 0 amide bonds. The van der Waals surface area contributed by atoms with Gasteiger partial charge < -0.3 is 4.74 Å². The molecule has 4 heterocycles. The number of hydrogen-bond acceptors (Lipinski definition) is 6. The van der Waals surface area contributed by atoms with Gasteiger partial charge in [-0.3, -0.25) is 14.7 Å². The van der Waals surface area contributed by atoms with E-state index in [1.54, 1.807) is 20.0 Å². The Bertz CT molecular complexity index is 1390. The predicted octanol–water partition coefficient (Wildman–Crippen LogP) is 5.30. The van der Waals surface area contributed by atoms with Gasteiger partial charge in [0, 0.05) is 37.9 Å². The van der Waals surface area contributed by atoms with Crippen LogP contribution in [-0.2, 0) is 17.3 Å². The maximum Gasteiger partial charge on any atom is 0.417 e. The van der Waals surface area contributed by atoms with Gasteiger partial charge in [0.05, 0.1) is 41.4 Å². The summed E-state index contributed by atoms with van der Waals surface area (Å²) in [5.74, 6) is 0.100. The number of pyridine rings is 2. The molecule has 0 radical (unpaired) electrons. The summed E-state index contributed by atoms with van der Waals surface area (Å²) >= 11 is 0. The lowest BCUT2D eigenvalue weighted by atomic mass is 9.90. The molecule has 2 aliphatic rings. The molecule has 3 aromatic heterocycles. The number of aromatic nitrogens is 4. The molecule has 1 atom stereocenters. The number of ketones is 1. The van der Waals surface area contributed by atoms with E-state index in [2.05, 4.69) is 21.1 Å². The summed E-state index contributed by atoms with van der Waals surface area (Å²) in [6.45, 7) is 9.06. The number of allylic oxidation sites excluding steroid dienone is 1. The van der Waals surface area contributed by atoms with Gasteiger partial charge in [0.15, 0.2) is 11.6 Å². The second kappa shape index (κ2) is 11.0. The number of carbonyl (C=O) groups excluding carboxylic acids is 1. The SMILES string of the molecule is Cc1cc(CC(=O)c2c(C)nn(-c3ccc(C(F)(F)F)cn3)c2C)cnc1C1=CCC(N2CCOCC2)CC1. The van der Waals surface area contributed by atoms with E-state index in [4.69, 9.17) is 9.72 Å². The Morgan fingerprint density at radius 3 is 2.49 bits per heavy atom. The summed E-state index contributed by atoms with van der Waals surface area (Å²) in [6, 6.07) is 4.79. The minimum Gasteiger partial charge on any atom is -0.379 e. The second-order valence-electron chi connectivity index (χ2n) is 10.3. The molecule has 206 valence electrons. The lowest BCUT2D eigenvalue weighted by Gasteiger charge is -2.36. The van der Waals surface area contributed by atoms with Crippen LogP contribution in [0.5, 0.6) is 0 Å². The highest BCUT2D eigenvalue weighted by Crippen LogP contribution is 2.31. The zero-order valence-electron chi connectivity index (χ0n) is 22.4. The predicted molar refractivity (Wildman–Crippen MR) is 141 cm³/mol. The maximum atomic E-state index is 13.3. The lowest BCUT2D eigenvalue weighted by molar-refractivity contribution is -0.137. The van der Waals surface area contributed by atoms with Crippen LogP contribution < -0.4 is 0 Å². The first-order chi connectivity index (χ1) is 18.6. The van der Waals surface area contributed by atoms with Crippen LogP contribution in [0, 0.1) is 20.8 Å². The molecule has 0 N–H and O–H groups in total. The average molecular weight is 540 g/mol. The highest BCUT2D eigenvalue weighted by molar-refractivity contribution is 5.99. The molecule has 10 heteroatoms. The molecule has 0 saturated carbocycles. The lowest BCUT2D eigenvalue weighted by Crippen LogP contribution is -2.43. The Labute approximate surface area is 225 Å². The number of nitrogens with zero attached hydrogens (tertiary/aromatic N) is 5. The molecule has 3 aromatic rings. The van der Waals surface area contributed by atoms with Crippen molar-refractivity contribution < 1.29 is 22.7 Å². The molecule has 1 saturated heterocycles. The third-order valence-electron chi connectivity index (χ3n) is 7.61. The van der Waals surface area contributed by atoms with Crippen LogP contribution in [0.1, 0.15) is 63.4 Å². The van der Waals surface area contributed by atoms with Crippen molar-refractivity contribution in [1.29, 1.82) is 0 Å². The fraction of sp³-hybridized carbons (Fsp3) is 0.448.